The van der Waals surface area contributed by atoms with Crippen LogP contribution in [0.5, 0.6) is 0 Å². The Bertz CT molecular complexity index is 123. The predicted octanol–water partition coefficient (Wildman–Crippen LogP) is 1.69. The third kappa shape index (κ3) is 8.85. The largest absolute Gasteiger partial charge is 0.380 e. The number of likely N-dealkylation sites (N-methyl/N-ethyl adjacent to an activating group) is 1. The van der Waals surface area contributed by atoms with Crippen LogP contribution in [-0.4, -0.2) is 62.8 Å². The van der Waals surface area contributed by atoms with Crippen molar-refractivity contribution in [3.05, 3.63) is 0 Å². The van der Waals surface area contributed by atoms with E-state index in [-0.39, 0.29) is 0 Å². The molecule has 3 nitrogen and oxygen atoms in total. The van der Waals surface area contributed by atoms with Gasteiger partial charge in [-0.25, -0.2) is 0 Å². The van der Waals surface area contributed by atoms with Crippen molar-refractivity contribution in [3.8, 4) is 0 Å². The highest BCUT2D eigenvalue weighted by Gasteiger charge is 2.12. The molecule has 3 heteroatoms. The fourth-order valence-electron chi connectivity index (χ4n) is 1.41. The van der Waals surface area contributed by atoms with E-state index in [1.54, 1.807) is 0 Å². The first-order valence-electron chi connectivity index (χ1n) is 6.23. The van der Waals surface area contributed by atoms with Crippen molar-refractivity contribution >= 4 is 0 Å². The minimum Gasteiger partial charge on any atom is -0.380 e. The summed E-state index contributed by atoms with van der Waals surface area (Å²) in [6.07, 6.45) is 1.25. The van der Waals surface area contributed by atoms with Crippen LogP contribution in [0.15, 0.2) is 0 Å². The molecule has 0 unspecified atom stereocenters. The first-order valence-corrected chi connectivity index (χ1v) is 6.23. The van der Waals surface area contributed by atoms with Gasteiger partial charge < -0.3 is 9.64 Å². The Kier molecular flexibility index (Phi) is 10.3. The second-order valence-corrected chi connectivity index (χ2v) is 4.05. The number of hydrogen-bond acceptors (Lipinski definition) is 3. The van der Waals surface area contributed by atoms with Crippen LogP contribution in [0.25, 0.3) is 0 Å². The number of ether oxygens (including phenoxy) is 1. The van der Waals surface area contributed by atoms with Crippen molar-refractivity contribution in [1.29, 1.82) is 0 Å². The van der Waals surface area contributed by atoms with Gasteiger partial charge in [-0.3, -0.25) is 4.90 Å². The van der Waals surface area contributed by atoms with Crippen LogP contribution in [0, 0.1) is 0 Å². The summed E-state index contributed by atoms with van der Waals surface area (Å²) in [6.45, 7) is 13.9. The molecule has 1 aliphatic heterocycles. The van der Waals surface area contributed by atoms with Crippen molar-refractivity contribution in [2.24, 2.45) is 0 Å². The molecule has 0 radical (unpaired) electrons. The van der Waals surface area contributed by atoms with Gasteiger partial charge in [0.25, 0.3) is 0 Å². The molecule has 0 bridgehead atoms. The average Bonchev–Trinajstić information content (AvgIpc) is 2.23. The minimum atomic E-state index is 0.841. The first-order chi connectivity index (χ1) is 7.24. The van der Waals surface area contributed by atoms with E-state index in [1.165, 1.54) is 32.6 Å². The van der Waals surface area contributed by atoms with Gasteiger partial charge in [-0.1, -0.05) is 20.3 Å². The smallest absolute Gasteiger partial charge is 0.0593 e. The normalized spacial score (nSPS) is 18.4. The van der Waals surface area contributed by atoms with Crippen molar-refractivity contribution < 1.29 is 4.74 Å². The van der Waals surface area contributed by atoms with Crippen molar-refractivity contribution in [2.75, 3.05) is 53.0 Å². The Balaban J connectivity index is 0.000000583. The summed E-state index contributed by atoms with van der Waals surface area (Å²) in [5.74, 6) is 0. The lowest BCUT2D eigenvalue weighted by atomic mass is 10.3. The summed E-state index contributed by atoms with van der Waals surface area (Å²) in [7, 11) is 2.18. The standard InChI is InChI=1S/C9H20N2O.C3H8/c1-3-12-9-8-11-6-4-10(2)5-7-11;1-3-2/h3-9H2,1-2H3;3H2,1-2H3. The molecule has 1 aliphatic rings. The lowest BCUT2D eigenvalue weighted by molar-refractivity contribution is 0.0882. The maximum Gasteiger partial charge on any atom is 0.0593 e. The summed E-state index contributed by atoms with van der Waals surface area (Å²) in [5, 5.41) is 0. The van der Waals surface area contributed by atoms with Gasteiger partial charge in [0.05, 0.1) is 6.61 Å². The summed E-state index contributed by atoms with van der Waals surface area (Å²) in [5.41, 5.74) is 0. The topological polar surface area (TPSA) is 15.7 Å². The zero-order chi connectivity index (χ0) is 11.5. The SMILES string of the molecule is CCC.CCOCCN1CCN(C)CC1. The molecule has 1 heterocycles. The summed E-state index contributed by atoms with van der Waals surface area (Å²) in [6, 6.07) is 0. The third-order valence-corrected chi connectivity index (χ3v) is 2.35. The summed E-state index contributed by atoms with van der Waals surface area (Å²) >= 11 is 0. The van der Waals surface area contributed by atoms with Gasteiger partial charge in [-0.15, -0.1) is 0 Å². The minimum absolute atomic E-state index is 0.841. The second-order valence-electron chi connectivity index (χ2n) is 4.05. The number of rotatable bonds is 4. The maximum absolute atomic E-state index is 5.31. The van der Waals surface area contributed by atoms with E-state index in [0.717, 1.165) is 19.8 Å². The van der Waals surface area contributed by atoms with Crippen LogP contribution < -0.4 is 0 Å². The van der Waals surface area contributed by atoms with E-state index in [4.69, 9.17) is 4.74 Å². The quantitative estimate of drug-likeness (QED) is 0.665. The lowest BCUT2D eigenvalue weighted by Crippen LogP contribution is -2.45. The van der Waals surface area contributed by atoms with Crippen molar-refractivity contribution in [3.63, 3.8) is 0 Å². The molecule has 0 saturated carbocycles. The van der Waals surface area contributed by atoms with Gasteiger partial charge in [0, 0.05) is 39.3 Å². The van der Waals surface area contributed by atoms with Crippen LogP contribution in [0.1, 0.15) is 27.2 Å². The fourth-order valence-corrected chi connectivity index (χ4v) is 1.41. The van der Waals surface area contributed by atoms with E-state index in [2.05, 4.69) is 30.7 Å². The van der Waals surface area contributed by atoms with Gasteiger partial charge in [-0.05, 0) is 14.0 Å². The summed E-state index contributed by atoms with van der Waals surface area (Å²) in [4.78, 5) is 4.84. The molecule has 1 fully saturated rings. The Morgan fingerprint density at radius 3 is 2.00 bits per heavy atom. The summed E-state index contributed by atoms with van der Waals surface area (Å²) < 4.78 is 5.31. The molecule has 15 heavy (non-hydrogen) atoms. The molecule has 0 aliphatic carbocycles. The average molecular weight is 216 g/mol. The van der Waals surface area contributed by atoms with Gasteiger partial charge in [0.15, 0.2) is 0 Å². The first kappa shape index (κ1) is 14.9. The zero-order valence-corrected chi connectivity index (χ0v) is 11.0. The molecule has 0 aromatic carbocycles. The van der Waals surface area contributed by atoms with E-state index in [9.17, 15) is 0 Å². The van der Waals surface area contributed by atoms with Crippen molar-refractivity contribution in [2.45, 2.75) is 27.2 Å². The highest BCUT2D eigenvalue weighted by molar-refractivity contribution is 4.68. The van der Waals surface area contributed by atoms with Crippen LogP contribution >= 0.6 is 0 Å². The molecule has 0 N–H and O–H groups in total. The van der Waals surface area contributed by atoms with Crippen LogP contribution in [0.4, 0.5) is 0 Å². The molecular formula is C12H28N2O. The Morgan fingerprint density at radius 1 is 1.00 bits per heavy atom. The Hall–Kier alpha value is -0.120. The molecule has 0 spiro atoms. The van der Waals surface area contributed by atoms with Gasteiger partial charge in [-0.2, -0.15) is 0 Å². The highest BCUT2D eigenvalue weighted by atomic mass is 16.5. The molecular weight excluding hydrogens is 188 g/mol. The molecule has 0 aromatic rings. The maximum atomic E-state index is 5.31. The van der Waals surface area contributed by atoms with Crippen molar-refractivity contribution in [1.82, 2.24) is 9.80 Å². The van der Waals surface area contributed by atoms with Gasteiger partial charge in [0.1, 0.15) is 0 Å². The van der Waals surface area contributed by atoms with E-state index in [1.807, 2.05) is 6.92 Å². The van der Waals surface area contributed by atoms with Crippen LogP contribution in [-0.2, 0) is 4.74 Å². The van der Waals surface area contributed by atoms with E-state index < -0.39 is 0 Å². The fraction of sp³-hybridized carbons (Fsp3) is 1.00. The van der Waals surface area contributed by atoms with Gasteiger partial charge in [0.2, 0.25) is 0 Å². The zero-order valence-electron chi connectivity index (χ0n) is 11.0. The third-order valence-electron chi connectivity index (χ3n) is 2.35. The molecule has 0 aromatic heterocycles. The predicted molar refractivity (Wildman–Crippen MR) is 66.4 cm³/mol. The number of piperazine rings is 1. The highest BCUT2D eigenvalue weighted by Crippen LogP contribution is 1.97. The Labute approximate surface area is 95.4 Å². The lowest BCUT2D eigenvalue weighted by Gasteiger charge is -2.32. The van der Waals surface area contributed by atoms with E-state index in [0.29, 0.717) is 0 Å². The number of hydrogen-bond donors (Lipinski definition) is 0. The molecule has 0 atom stereocenters. The molecule has 1 saturated heterocycles. The Morgan fingerprint density at radius 2 is 1.53 bits per heavy atom. The van der Waals surface area contributed by atoms with Gasteiger partial charge >= 0.3 is 0 Å². The van der Waals surface area contributed by atoms with Crippen LogP contribution in [0.2, 0.25) is 0 Å². The molecule has 1 rings (SSSR count). The number of nitrogens with zero attached hydrogens (tertiary/aromatic N) is 2. The van der Waals surface area contributed by atoms with E-state index >= 15 is 0 Å². The monoisotopic (exact) mass is 216 g/mol. The van der Waals surface area contributed by atoms with Crippen LogP contribution in [0.3, 0.4) is 0 Å². The molecule has 92 valence electrons. The molecule has 0 amide bonds. The second kappa shape index (κ2) is 10.4.